The average Bonchev–Trinajstić information content (AvgIpc) is 2.38. The van der Waals surface area contributed by atoms with Crippen molar-refractivity contribution in [1.29, 1.82) is 0 Å². The van der Waals surface area contributed by atoms with Crippen LogP contribution in [-0.2, 0) is 0 Å². The zero-order valence-corrected chi connectivity index (χ0v) is 11.8. The molecule has 3 nitrogen and oxygen atoms in total. The molecule has 0 radical (unpaired) electrons. The number of anilines is 2. The van der Waals surface area contributed by atoms with E-state index in [1.54, 1.807) is 6.07 Å². The number of hydrogen-bond donors (Lipinski definition) is 2. The molecule has 0 heterocycles. The minimum Gasteiger partial charge on any atom is -0.399 e. The molecular formula is C14H12BrFN2O. The summed E-state index contributed by atoms with van der Waals surface area (Å²) < 4.78 is 14.3. The van der Waals surface area contributed by atoms with Crippen molar-refractivity contribution in [3.05, 3.63) is 57.8 Å². The number of carbonyl (C=O) groups is 1. The Labute approximate surface area is 118 Å². The molecule has 5 heteroatoms. The molecule has 0 atom stereocenters. The lowest BCUT2D eigenvalue weighted by Gasteiger charge is -2.10. The number of carbonyl (C=O) groups excluding carboxylic acids is 1. The van der Waals surface area contributed by atoms with Crippen LogP contribution in [0.2, 0.25) is 0 Å². The highest BCUT2D eigenvalue weighted by Crippen LogP contribution is 2.26. The van der Waals surface area contributed by atoms with Crippen LogP contribution in [0.25, 0.3) is 0 Å². The van der Waals surface area contributed by atoms with Gasteiger partial charge in [0.15, 0.2) is 0 Å². The van der Waals surface area contributed by atoms with Crippen molar-refractivity contribution in [3.8, 4) is 0 Å². The molecule has 2 aromatic carbocycles. The fraction of sp³-hybridized carbons (Fsp3) is 0.0714. The lowest BCUT2D eigenvalue weighted by atomic mass is 10.1. The molecule has 0 spiro atoms. The summed E-state index contributed by atoms with van der Waals surface area (Å²) in [5.41, 5.74) is 7.39. The van der Waals surface area contributed by atoms with Crippen LogP contribution in [0.15, 0.2) is 40.9 Å². The lowest BCUT2D eigenvalue weighted by Crippen LogP contribution is -2.14. The number of rotatable bonds is 2. The average molecular weight is 323 g/mol. The van der Waals surface area contributed by atoms with Crippen LogP contribution in [0, 0.1) is 12.7 Å². The minimum absolute atomic E-state index is 0.0755. The van der Waals surface area contributed by atoms with Gasteiger partial charge >= 0.3 is 0 Å². The molecule has 1 amide bonds. The largest absolute Gasteiger partial charge is 0.399 e. The number of nitrogens with one attached hydrogen (secondary N) is 1. The van der Waals surface area contributed by atoms with Crippen molar-refractivity contribution in [1.82, 2.24) is 0 Å². The molecule has 0 saturated heterocycles. The van der Waals surface area contributed by atoms with Crippen LogP contribution in [0.4, 0.5) is 15.8 Å². The van der Waals surface area contributed by atoms with Crippen molar-refractivity contribution < 1.29 is 9.18 Å². The Balaban J connectivity index is 2.31. The van der Waals surface area contributed by atoms with E-state index < -0.39 is 11.7 Å². The third-order valence-corrected chi connectivity index (χ3v) is 3.73. The van der Waals surface area contributed by atoms with E-state index in [1.165, 1.54) is 18.2 Å². The smallest absolute Gasteiger partial charge is 0.258 e. The van der Waals surface area contributed by atoms with Gasteiger partial charge in [-0.25, -0.2) is 4.39 Å². The summed E-state index contributed by atoms with van der Waals surface area (Å²) in [4.78, 5) is 12.0. The molecule has 2 rings (SSSR count). The van der Waals surface area contributed by atoms with Crippen molar-refractivity contribution >= 4 is 33.2 Å². The van der Waals surface area contributed by atoms with Gasteiger partial charge in [-0.05, 0) is 52.7 Å². The van der Waals surface area contributed by atoms with Crippen molar-refractivity contribution in [2.75, 3.05) is 11.1 Å². The van der Waals surface area contributed by atoms with E-state index in [9.17, 15) is 9.18 Å². The summed E-state index contributed by atoms with van der Waals surface area (Å²) in [5, 5.41) is 2.65. The number of benzene rings is 2. The van der Waals surface area contributed by atoms with Crippen LogP contribution in [0.3, 0.4) is 0 Å². The first kappa shape index (κ1) is 13.5. The quantitative estimate of drug-likeness (QED) is 0.828. The summed E-state index contributed by atoms with van der Waals surface area (Å²) in [6.07, 6.45) is 0. The molecule has 98 valence electrons. The van der Waals surface area contributed by atoms with E-state index in [2.05, 4.69) is 21.2 Å². The fourth-order valence-electron chi connectivity index (χ4n) is 1.65. The van der Waals surface area contributed by atoms with Gasteiger partial charge in [0.25, 0.3) is 5.91 Å². The van der Waals surface area contributed by atoms with Crippen molar-refractivity contribution in [3.63, 3.8) is 0 Å². The monoisotopic (exact) mass is 322 g/mol. The van der Waals surface area contributed by atoms with E-state index in [0.29, 0.717) is 11.4 Å². The van der Waals surface area contributed by atoms with Crippen LogP contribution in [0.5, 0.6) is 0 Å². The highest BCUT2D eigenvalue weighted by molar-refractivity contribution is 9.10. The fourth-order valence-corrected chi connectivity index (χ4v) is 2.01. The van der Waals surface area contributed by atoms with Crippen molar-refractivity contribution in [2.45, 2.75) is 6.92 Å². The van der Waals surface area contributed by atoms with E-state index in [0.717, 1.165) is 10.0 Å². The Morgan fingerprint density at radius 3 is 2.79 bits per heavy atom. The predicted molar refractivity (Wildman–Crippen MR) is 77.6 cm³/mol. The molecule has 3 N–H and O–H groups in total. The van der Waals surface area contributed by atoms with Crippen LogP contribution < -0.4 is 11.1 Å². The SMILES string of the molecule is Cc1cccc(NC(=O)c2cc(N)ccc2F)c1Br. The molecule has 0 aliphatic rings. The zero-order valence-electron chi connectivity index (χ0n) is 10.2. The molecule has 0 aliphatic carbocycles. The Morgan fingerprint density at radius 2 is 2.05 bits per heavy atom. The van der Waals surface area contributed by atoms with Gasteiger partial charge in [-0.3, -0.25) is 4.79 Å². The second-order valence-corrected chi connectivity index (χ2v) is 4.92. The normalized spacial score (nSPS) is 10.3. The molecule has 2 aromatic rings. The highest BCUT2D eigenvalue weighted by atomic mass is 79.9. The minimum atomic E-state index is -0.601. The molecule has 0 aliphatic heterocycles. The number of aryl methyl sites for hydroxylation is 1. The summed E-state index contributed by atoms with van der Waals surface area (Å²) in [5.74, 6) is -1.13. The number of nitrogens with two attached hydrogens (primary N) is 1. The van der Waals surface area contributed by atoms with Gasteiger partial charge in [0.2, 0.25) is 0 Å². The summed E-state index contributed by atoms with van der Waals surface area (Å²) in [7, 11) is 0. The zero-order chi connectivity index (χ0) is 14.0. The summed E-state index contributed by atoms with van der Waals surface area (Å²) in [6, 6.07) is 9.35. The first-order valence-electron chi connectivity index (χ1n) is 5.60. The second kappa shape index (κ2) is 5.40. The van der Waals surface area contributed by atoms with Crippen LogP contribution in [-0.4, -0.2) is 5.91 Å². The molecular weight excluding hydrogens is 311 g/mol. The maximum absolute atomic E-state index is 13.6. The summed E-state index contributed by atoms with van der Waals surface area (Å²) >= 11 is 3.38. The molecule has 0 fully saturated rings. The molecule has 0 saturated carbocycles. The number of hydrogen-bond acceptors (Lipinski definition) is 2. The maximum Gasteiger partial charge on any atom is 0.258 e. The van der Waals surface area contributed by atoms with E-state index in [-0.39, 0.29) is 5.56 Å². The predicted octanol–water partition coefficient (Wildman–Crippen LogP) is 3.73. The van der Waals surface area contributed by atoms with E-state index in [4.69, 9.17) is 5.73 Å². The Kier molecular flexibility index (Phi) is 3.85. The Morgan fingerprint density at radius 1 is 1.32 bits per heavy atom. The van der Waals surface area contributed by atoms with Crippen LogP contribution in [0.1, 0.15) is 15.9 Å². The van der Waals surface area contributed by atoms with Gasteiger partial charge in [0.1, 0.15) is 5.82 Å². The highest BCUT2D eigenvalue weighted by Gasteiger charge is 2.13. The number of amides is 1. The molecule has 0 aromatic heterocycles. The first-order valence-corrected chi connectivity index (χ1v) is 6.40. The molecule has 0 bridgehead atoms. The van der Waals surface area contributed by atoms with Gasteiger partial charge in [0, 0.05) is 10.2 Å². The van der Waals surface area contributed by atoms with E-state index in [1.807, 2.05) is 19.1 Å². The van der Waals surface area contributed by atoms with Gasteiger partial charge < -0.3 is 11.1 Å². The van der Waals surface area contributed by atoms with Gasteiger partial charge in [-0.1, -0.05) is 12.1 Å². The van der Waals surface area contributed by atoms with Gasteiger partial charge in [-0.2, -0.15) is 0 Å². The van der Waals surface area contributed by atoms with Gasteiger partial charge in [-0.15, -0.1) is 0 Å². The van der Waals surface area contributed by atoms with E-state index >= 15 is 0 Å². The maximum atomic E-state index is 13.6. The first-order chi connectivity index (χ1) is 8.99. The third-order valence-electron chi connectivity index (χ3n) is 2.68. The molecule has 0 unspecified atom stereocenters. The number of nitrogen functional groups attached to an aromatic ring is 1. The number of halogens is 2. The van der Waals surface area contributed by atoms with Crippen molar-refractivity contribution in [2.24, 2.45) is 0 Å². The summed E-state index contributed by atoms with van der Waals surface area (Å²) in [6.45, 7) is 1.90. The topological polar surface area (TPSA) is 55.1 Å². The standard InChI is InChI=1S/C14H12BrFN2O/c1-8-3-2-4-12(13(8)15)18-14(19)10-7-9(17)5-6-11(10)16/h2-7H,17H2,1H3,(H,18,19). The third kappa shape index (κ3) is 2.93. The second-order valence-electron chi connectivity index (χ2n) is 4.13. The Bertz CT molecular complexity index is 643. The van der Waals surface area contributed by atoms with Crippen LogP contribution >= 0.6 is 15.9 Å². The lowest BCUT2D eigenvalue weighted by molar-refractivity contribution is 0.102. The Hall–Kier alpha value is -1.88. The van der Waals surface area contributed by atoms with Gasteiger partial charge in [0.05, 0.1) is 11.3 Å². The molecule has 19 heavy (non-hydrogen) atoms.